The van der Waals surface area contributed by atoms with E-state index in [4.69, 9.17) is 0 Å². The van der Waals surface area contributed by atoms with Crippen LogP contribution in [-0.4, -0.2) is 48.6 Å². The molecule has 0 aromatic rings. The molecule has 0 spiro atoms. The molecule has 0 bridgehead atoms. The van der Waals surface area contributed by atoms with E-state index in [0.717, 1.165) is 12.0 Å². The minimum Gasteiger partial charge on any atom is -0.302 e. The second-order valence-corrected chi connectivity index (χ2v) is 5.74. The number of nitrogens with zero attached hydrogens (tertiary/aromatic N) is 2. The van der Waals surface area contributed by atoms with Gasteiger partial charge in [0.2, 0.25) is 0 Å². The Balaban J connectivity index is 1.49. The molecule has 2 aliphatic heterocycles. The van der Waals surface area contributed by atoms with Gasteiger partial charge >= 0.3 is 0 Å². The van der Waals surface area contributed by atoms with E-state index in [-0.39, 0.29) is 0 Å². The maximum Gasteiger partial charge on any atom is 0.0223 e. The van der Waals surface area contributed by atoms with Crippen LogP contribution in [0.1, 0.15) is 38.5 Å². The van der Waals surface area contributed by atoms with Crippen LogP contribution in [0.2, 0.25) is 0 Å². The third-order valence-corrected chi connectivity index (χ3v) is 4.36. The molecule has 2 saturated heterocycles. The maximum absolute atomic E-state index is 2.79. The fourth-order valence-corrected chi connectivity index (χ4v) is 3.24. The van der Waals surface area contributed by atoms with Gasteiger partial charge < -0.3 is 4.90 Å². The highest BCUT2D eigenvalue weighted by molar-refractivity contribution is 4.87. The summed E-state index contributed by atoms with van der Waals surface area (Å²) in [5, 5.41) is 0. The van der Waals surface area contributed by atoms with E-state index in [1.54, 1.807) is 0 Å². The fourth-order valence-electron chi connectivity index (χ4n) is 3.24. The predicted molar refractivity (Wildman–Crippen MR) is 63.0 cm³/mol. The molecule has 86 valence electrons. The Morgan fingerprint density at radius 3 is 2.33 bits per heavy atom. The van der Waals surface area contributed by atoms with Gasteiger partial charge in [0.1, 0.15) is 0 Å². The van der Waals surface area contributed by atoms with Crippen molar-refractivity contribution in [1.29, 1.82) is 0 Å². The summed E-state index contributed by atoms with van der Waals surface area (Å²) in [5.74, 6) is 1.07. The minimum absolute atomic E-state index is 0.906. The Hall–Kier alpha value is -0.0800. The summed E-state index contributed by atoms with van der Waals surface area (Å²) in [4.78, 5) is 5.48. The molecule has 0 aromatic carbocycles. The number of likely N-dealkylation sites (tertiary alicyclic amines) is 2. The largest absolute Gasteiger partial charge is 0.302 e. The standard InChI is InChI=1S/C13H24N2/c1-2-8-14(7-1)11-13-4-3-9-15(13)10-12-5-6-12/h12-13H,1-11H2/t13-/m0/s1. The second kappa shape index (κ2) is 4.42. The van der Waals surface area contributed by atoms with E-state index in [2.05, 4.69) is 9.80 Å². The smallest absolute Gasteiger partial charge is 0.0223 e. The van der Waals surface area contributed by atoms with Gasteiger partial charge in [0.25, 0.3) is 0 Å². The lowest BCUT2D eigenvalue weighted by Crippen LogP contribution is -2.40. The van der Waals surface area contributed by atoms with Crippen LogP contribution < -0.4 is 0 Å². The molecule has 1 saturated carbocycles. The zero-order valence-corrected chi connectivity index (χ0v) is 9.83. The summed E-state index contributed by atoms with van der Waals surface area (Å²) in [7, 11) is 0. The van der Waals surface area contributed by atoms with Gasteiger partial charge in [-0.1, -0.05) is 0 Å². The highest BCUT2D eigenvalue weighted by Gasteiger charge is 2.32. The highest BCUT2D eigenvalue weighted by Crippen LogP contribution is 2.32. The summed E-state index contributed by atoms with van der Waals surface area (Å²) < 4.78 is 0. The summed E-state index contributed by atoms with van der Waals surface area (Å²) in [6.07, 6.45) is 8.80. The van der Waals surface area contributed by atoms with Gasteiger partial charge in [-0.25, -0.2) is 0 Å². The topological polar surface area (TPSA) is 6.48 Å². The Kier molecular flexibility index (Phi) is 2.98. The first-order valence-corrected chi connectivity index (χ1v) is 6.88. The molecule has 3 aliphatic rings. The summed E-state index contributed by atoms with van der Waals surface area (Å²) in [5.41, 5.74) is 0. The van der Waals surface area contributed by atoms with Crippen molar-refractivity contribution in [3.63, 3.8) is 0 Å². The average Bonchev–Trinajstić information content (AvgIpc) is 2.75. The van der Waals surface area contributed by atoms with Crippen molar-refractivity contribution in [1.82, 2.24) is 9.80 Å². The van der Waals surface area contributed by atoms with Crippen molar-refractivity contribution < 1.29 is 0 Å². The Bertz CT molecular complexity index is 207. The van der Waals surface area contributed by atoms with Crippen LogP contribution in [0.25, 0.3) is 0 Å². The van der Waals surface area contributed by atoms with Crippen molar-refractivity contribution in [2.45, 2.75) is 44.6 Å². The summed E-state index contributed by atoms with van der Waals surface area (Å²) in [6.45, 7) is 6.90. The molecule has 2 heteroatoms. The molecule has 0 radical (unpaired) electrons. The van der Waals surface area contributed by atoms with Crippen LogP contribution in [0.3, 0.4) is 0 Å². The van der Waals surface area contributed by atoms with E-state index in [0.29, 0.717) is 0 Å². The van der Waals surface area contributed by atoms with Gasteiger partial charge in [0, 0.05) is 19.1 Å². The van der Waals surface area contributed by atoms with Crippen molar-refractivity contribution in [3.8, 4) is 0 Å². The Morgan fingerprint density at radius 1 is 0.800 bits per heavy atom. The van der Waals surface area contributed by atoms with Gasteiger partial charge in [-0.2, -0.15) is 0 Å². The molecule has 3 rings (SSSR count). The SMILES string of the molecule is C1CCN(C[C@@H]2CCCN2CC2CC2)C1. The third-order valence-electron chi connectivity index (χ3n) is 4.36. The lowest BCUT2D eigenvalue weighted by Gasteiger charge is -2.28. The molecule has 2 heterocycles. The van der Waals surface area contributed by atoms with Gasteiger partial charge in [0.15, 0.2) is 0 Å². The molecular formula is C13H24N2. The molecular weight excluding hydrogens is 184 g/mol. The first kappa shape index (κ1) is 10.1. The van der Waals surface area contributed by atoms with Gasteiger partial charge in [-0.3, -0.25) is 4.90 Å². The first-order chi connectivity index (χ1) is 7.42. The van der Waals surface area contributed by atoms with E-state index < -0.39 is 0 Å². The molecule has 0 unspecified atom stereocenters. The predicted octanol–water partition coefficient (Wildman–Crippen LogP) is 1.96. The quantitative estimate of drug-likeness (QED) is 0.697. The molecule has 0 amide bonds. The van der Waals surface area contributed by atoms with Crippen molar-refractivity contribution >= 4 is 0 Å². The lowest BCUT2D eigenvalue weighted by molar-refractivity contribution is 0.186. The second-order valence-electron chi connectivity index (χ2n) is 5.74. The van der Waals surface area contributed by atoms with Crippen molar-refractivity contribution in [2.75, 3.05) is 32.7 Å². The van der Waals surface area contributed by atoms with Crippen LogP contribution >= 0.6 is 0 Å². The first-order valence-electron chi connectivity index (χ1n) is 6.88. The van der Waals surface area contributed by atoms with Crippen LogP contribution in [0.5, 0.6) is 0 Å². The molecule has 3 fully saturated rings. The van der Waals surface area contributed by atoms with Gasteiger partial charge in [0.05, 0.1) is 0 Å². The molecule has 0 N–H and O–H groups in total. The molecule has 15 heavy (non-hydrogen) atoms. The van der Waals surface area contributed by atoms with Crippen LogP contribution in [0.15, 0.2) is 0 Å². The molecule has 1 atom stereocenters. The zero-order valence-electron chi connectivity index (χ0n) is 9.83. The molecule has 1 aliphatic carbocycles. The average molecular weight is 208 g/mol. The van der Waals surface area contributed by atoms with Gasteiger partial charge in [-0.15, -0.1) is 0 Å². The van der Waals surface area contributed by atoms with Crippen molar-refractivity contribution in [3.05, 3.63) is 0 Å². The molecule has 0 aromatic heterocycles. The van der Waals surface area contributed by atoms with Crippen LogP contribution in [-0.2, 0) is 0 Å². The zero-order chi connectivity index (χ0) is 10.1. The maximum atomic E-state index is 2.79. The van der Waals surface area contributed by atoms with Gasteiger partial charge in [-0.05, 0) is 64.1 Å². The monoisotopic (exact) mass is 208 g/mol. The van der Waals surface area contributed by atoms with Crippen LogP contribution in [0.4, 0.5) is 0 Å². The highest BCUT2D eigenvalue weighted by atomic mass is 15.2. The Morgan fingerprint density at radius 2 is 1.60 bits per heavy atom. The van der Waals surface area contributed by atoms with E-state index in [9.17, 15) is 0 Å². The van der Waals surface area contributed by atoms with Crippen LogP contribution in [0, 0.1) is 5.92 Å². The number of hydrogen-bond acceptors (Lipinski definition) is 2. The number of hydrogen-bond donors (Lipinski definition) is 0. The summed E-state index contributed by atoms with van der Waals surface area (Å²) >= 11 is 0. The third kappa shape index (κ3) is 2.54. The molecule has 2 nitrogen and oxygen atoms in total. The Labute approximate surface area is 93.6 Å². The minimum atomic E-state index is 0.906. The summed E-state index contributed by atoms with van der Waals surface area (Å²) in [6, 6.07) is 0.906. The number of rotatable bonds is 4. The van der Waals surface area contributed by atoms with E-state index >= 15 is 0 Å². The van der Waals surface area contributed by atoms with Crippen molar-refractivity contribution in [2.24, 2.45) is 5.92 Å². The normalized spacial score (nSPS) is 34.0. The lowest BCUT2D eigenvalue weighted by atomic mass is 10.2. The van der Waals surface area contributed by atoms with E-state index in [1.165, 1.54) is 71.2 Å². The fraction of sp³-hybridized carbons (Fsp3) is 1.00. The van der Waals surface area contributed by atoms with E-state index in [1.807, 2.05) is 0 Å².